The lowest BCUT2D eigenvalue weighted by molar-refractivity contribution is 0.625. The summed E-state index contributed by atoms with van der Waals surface area (Å²) in [4.78, 5) is 2.63. The highest BCUT2D eigenvalue weighted by Crippen LogP contribution is 2.10. The number of hydrogen-bond acceptors (Lipinski definition) is 1. The van der Waals surface area contributed by atoms with Crippen LogP contribution < -0.4 is 0 Å². The molecule has 0 fully saturated rings. The number of aryl methyl sites for hydroxylation is 1. The molecule has 0 saturated carbocycles. The van der Waals surface area contributed by atoms with Gasteiger partial charge in [-0.3, -0.25) is 0 Å². The van der Waals surface area contributed by atoms with Crippen LogP contribution in [0.5, 0.6) is 0 Å². The molecule has 4 heteroatoms. The van der Waals surface area contributed by atoms with E-state index in [0.717, 1.165) is 11.1 Å². The second-order valence-corrected chi connectivity index (χ2v) is 2.46. The Balaban J connectivity index is 2.93. The van der Waals surface area contributed by atoms with Crippen molar-refractivity contribution in [2.75, 3.05) is 0 Å². The van der Waals surface area contributed by atoms with E-state index in [1.54, 1.807) is 13.0 Å². The predicted molar refractivity (Wildman–Crippen MR) is 44.0 cm³/mol. The van der Waals surface area contributed by atoms with Gasteiger partial charge in [-0.15, -0.1) is 0 Å². The zero-order valence-corrected chi connectivity index (χ0v) is 6.66. The highest BCUT2D eigenvalue weighted by atomic mass is 19.1. The third kappa shape index (κ3) is 1.97. The zero-order valence-electron chi connectivity index (χ0n) is 6.66. The van der Waals surface area contributed by atoms with E-state index in [-0.39, 0.29) is 12.4 Å². The minimum Gasteiger partial charge on any atom is -0.207 e. The quantitative estimate of drug-likeness (QED) is 0.367. The van der Waals surface area contributed by atoms with Crippen LogP contribution in [-0.2, 0) is 6.54 Å². The van der Waals surface area contributed by atoms with Crippen LogP contribution in [0.15, 0.2) is 23.3 Å². The largest absolute Gasteiger partial charge is 0.207 e. The number of hydrogen-bond donors (Lipinski definition) is 0. The van der Waals surface area contributed by atoms with Crippen LogP contribution in [0.25, 0.3) is 10.4 Å². The Morgan fingerprint density at radius 2 is 2.33 bits per heavy atom. The first kappa shape index (κ1) is 8.56. The smallest absolute Gasteiger partial charge is 0.123 e. The van der Waals surface area contributed by atoms with Crippen molar-refractivity contribution in [1.29, 1.82) is 0 Å². The minimum absolute atomic E-state index is 0.266. The van der Waals surface area contributed by atoms with Gasteiger partial charge in [-0.2, -0.15) is 0 Å². The highest BCUT2D eigenvalue weighted by molar-refractivity contribution is 5.26. The molecule has 0 atom stereocenters. The number of azide groups is 1. The lowest BCUT2D eigenvalue weighted by Crippen LogP contribution is -1.87. The average Bonchev–Trinajstić information content (AvgIpc) is 2.03. The molecular weight excluding hydrogens is 157 g/mol. The Morgan fingerprint density at radius 1 is 1.58 bits per heavy atom. The average molecular weight is 165 g/mol. The van der Waals surface area contributed by atoms with Gasteiger partial charge < -0.3 is 0 Å². The fraction of sp³-hybridized carbons (Fsp3) is 0.250. The minimum atomic E-state index is -0.266. The topological polar surface area (TPSA) is 48.8 Å². The number of nitrogens with zero attached hydrogens (tertiary/aromatic N) is 3. The molecule has 0 aromatic heterocycles. The molecule has 0 unspecified atom stereocenters. The van der Waals surface area contributed by atoms with E-state index in [4.69, 9.17) is 5.53 Å². The molecule has 62 valence electrons. The van der Waals surface area contributed by atoms with Crippen molar-refractivity contribution in [1.82, 2.24) is 0 Å². The summed E-state index contributed by atoms with van der Waals surface area (Å²) >= 11 is 0. The maximum Gasteiger partial charge on any atom is 0.123 e. The molecule has 0 amide bonds. The Labute approximate surface area is 69.5 Å². The SMILES string of the molecule is Cc1cc(F)ccc1CN=[N+]=[N-]. The van der Waals surface area contributed by atoms with Gasteiger partial charge in [0.2, 0.25) is 0 Å². The van der Waals surface area contributed by atoms with E-state index in [1.165, 1.54) is 12.1 Å². The first-order valence-electron chi connectivity index (χ1n) is 3.50. The molecule has 0 aliphatic carbocycles. The van der Waals surface area contributed by atoms with Gasteiger partial charge in [0.05, 0.1) is 6.54 Å². The molecule has 1 aromatic carbocycles. The molecule has 0 radical (unpaired) electrons. The van der Waals surface area contributed by atoms with Gasteiger partial charge in [-0.05, 0) is 35.7 Å². The third-order valence-corrected chi connectivity index (χ3v) is 1.61. The lowest BCUT2D eigenvalue weighted by Gasteiger charge is -2.00. The number of benzene rings is 1. The standard InChI is InChI=1S/C8H8FN3/c1-6-4-8(9)3-2-7(6)5-11-12-10/h2-4H,5H2,1H3. The van der Waals surface area contributed by atoms with Gasteiger partial charge in [0, 0.05) is 4.91 Å². The Kier molecular flexibility index (Phi) is 2.66. The fourth-order valence-electron chi connectivity index (χ4n) is 0.944. The molecule has 12 heavy (non-hydrogen) atoms. The van der Waals surface area contributed by atoms with E-state index in [9.17, 15) is 4.39 Å². The fourth-order valence-corrected chi connectivity index (χ4v) is 0.944. The first-order valence-corrected chi connectivity index (χ1v) is 3.50. The van der Waals surface area contributed by atoms with Crippen molar-refractivity contribution < 1.29 is 4.39 Å². The molecule has 0 aliphatic rings. The molecule has 0 bridgehead atoms. The number of rotatable bonds is 2. The van der Waals surface area contributed by atoms with Crippen LogP contribution in [0.3, 0.4) is 0 Å². The van der Waals surface area contributed by atoms with Crippen LogP contribution in [0.1, 0.15) is 11.1 Å². The Hall–Kier alpha value is -1.54. The number of halogens is 1. The van der Waals surface area contributed by atoms with Crippen molar-refractivity contribution >= 4 is 0 Å². The second-order valence-electron chi connectivity index (χ2n) is 2.46. The highest BCUT2D eigenvalue weighted by Gasteiger charge is 1.97. The van der Waals surface area contributed by atoms with E-state index in [2.05, 4.69) is 10.0 Å². The summed E-state index contributed by atoms with van der Waals surface area (Å²) in [7, 11) is 0. The first-order chi connectivity index (χ1) is 5.74. The van der Waals surface area contributed by atoms with Gasteiger partial charge in [-0.25, -0.2) is 4.39 Å². The summed E-state index contributed by atoms with van der Waals surface area (Å²) in [5.74, 6) is -0.266. The maximum atomic E-state index is 12.6. The molecule has 3 nitrogen and oxygen atoms in total. The van der Waals surface area contributed by atoms with Crippen LogP contribution in [0.4, 0.5) is 4.39 Å². The summed E-state index contributed by atoms with van der Waals surface area (Å²) in [6, 6.07) is 4.40. The molecule has 0 spiro atoms. The summed E-state index contributed by atoms with van der Waals surface area (Å²) in [6.07, 6.45) is 0. The van der Waals surface area contributed by atoms with Crippen molar-refractivity contribution in [3.05, 3.63) is 45.6 Å². The van der Waals surface area contributed by atoms with E-state index >= 15 is 0 Å². The maximum absolute atomic E-state index is 12.6. The molecular formula is C8H8FN3. The van der Waals surface area contributed by atoms with Crippen LogP contribution in [-0.4, -0.2) is 0 Å². The molecule has 1 aromatic rings. The summed E-state index contributed by atoms with van der Waals surface area (Å²) in [5.41, 5.74) is 9.72. The molecule has 0 saturated heterocycles. The van der Waals surface area contributed by atoms with Crippen LogP contribution in [0, 0.1) is 12.7 Å². The van der Waals surface area contributed by atoms with Crippen molar-refractivity contribution in [2.45, 2.75) is 13.5 Å². The van der Waals surface area contributed by atoms with E-state index in [0.29, 0.717) is 0 Å². The van der Waals surface area contributed by atoms with Crippen molar-refractivity contribution in [3.63, 3.8) is 0 Å². The predicted octanol–water partition coefficient (Wildman–Crippen LogP) is 2.94. The van der Waals surface area contributed by atoms with Crippen molar-refractivity contribution in [3.8, 4) is 0 Å². The molecule has 1 rings (SSSR count). The normalized spacial score (nSPS) is 9.17. The van der Waals surface area contributed by atoms with Gasteiger partial charge >= 0.3 is 0 Å². The summed E-state index contributed by atoms with van der Waals surface area (Å²) < 4.78 is 12.6. The van der Waals surface area contributed by atoms with Gasteiger partial charge in [0.25, 0.3) is 0 Å². The van der Waals surface area contributed by atoms with Gasteiger partial charge in [0.1, 0.15) is 5.82 Å². The Bertz CT molecular complexity index is 329. The van der Waals surface area contributed by atoms with E-state index in [1.807, 2.05) is 0 Å². The van der Waals surface area contributed by atoms with Crippen molar-refractivity contribution in [2.24, 2.45) is 5.11 Å². The Morgan fingerprint density at radius 3 is 2.92 bits per heavy atom. The van der Waals surface area contributed by atoms with Gasteiger partial charge in [0.15, 0.2) is 0 Å². The molecule has 0 aliphatic heterocycles. The lowest BCUT2D eigenvalue weighted by atomic mass is 10.1. The zero-order chi connectivity index (χ0) is 8.97. The molecule has 0 N–H and O–H groups in total. The molecule has 0 heterocycles. The monoisotopic (exact) mass is 165 g/mol. The van der Waals surface area contributed by atoms with Gasteiger partial charge in [-0.1, -0.05) is 11.2 Å². The van der Waals surface area contributed by atoms with E-state index < -0.39 is 0 Å². The summed E-state index contributed by atoms with van der Waals surface area (Å²) in [5, 5.41) is 3.39. The summed E-state index contributed by atoms with van der Waals surface area (Å²) in [6.45, 7) is 2.06. The van der Waals surface area contributed by atoms with Crippen LogP contribution in [0.2, 0.25) is 0 Å². The van der Waals surface area contributed by atoms with Crippen LogP contribution >= 0.6 is 0 Å². The second kappa shape index (κ2) is 3.74. The third-order valence-electron chi connectivity index (χ3n) is 1.61.